The normalized spacial score (nSPS) is 11.8. The zero-order valence-electron chi connectivity index (χ0n) is 15.2. The Kier molecular flexibility index (Phi) is 5.61. The quantitative estimate of drug-likeness (QED) is 0.797. The molecule has 2 aromatic rings. The summed E-state index contributed by atoms with van der Waals surface area (Å²) < 4.78 is 33.8. The summed E-state index contributed by atoms with van der Waals surface area (Å²) >= 11 is 0. The minimum atomic E-state index is -3.96. The van der Waals surface area contributed by atoms with Gasteiger partial charge in [-0.15, -0.1) is 0 Å². The van der Waals surface area contributed by atoms with Crippen LogP contribution in [0, 0.1) is 0 Å². The van der Waals surface area contributed by atoms with Crippen molar-refractivity contribution in [3.8, 4) is 5.75 Å². The molecule has 0 amide bonds. The fourth-order valence-electron chi connectivity index (χ4n) is 2.39. The van der Waals surface area contributed by atoms with Crippen LogP contribution in [0.1, 0.15) is 43.6 Å². The summed E-state index contributed by atoms with van der Waals surface area (Å²) in [6.07, 6.45) is 0. The van der Waals surface area contributed by atoms with E-state index in [0.717, 1.165) is 5.56 Å². The molecule has 0 aliphatic carbocycles. The third kappa shape index (κ3) is 4.54. The molecule has 26 heavy (non-hydrogen) atoms. The summed E-state index contributed by atoms with van der Waals surface area (Å²) in [6, 6.07) is 10.7. The van der Waals surface area contributed by atoms with Crippen molar-refractivity contribution in [2.24, 2.45) is 0 Å². The molecule has 0 saturated heterocycles. The molecular formula is C19H23NO5S. The molecule has 7 heteroatoms. The Morgan fingerprint density at radius 2 is 1.85 bits per heavy atom. The van der Waals surface area contributed by atoms with E-state index in [-0.39, 0.29) is 27.3 Å². The van der Waals surface area contributed by atoms with Crippen LogP contribution in [0.15, 0.2) is 47.4 Å². The van der Waals surface area contributed by atoms with Crippen LogP contribution >= 0.6 is 0 Å². The number of aromatic carboxylic acids is 1. The zero-order chi connectivity index (χ0) is 19.5. The molecule has 0 aromatic heterocycles. The third-order valence-electron chi connectivity index (χ3n) is 3.76. The number of rotatable bonds is 6. The van der Waals surface area contributed by atoms with Crippen LogP contribution in [0.25, 0.3) is 0 Å². The summed E-state index contributed by atoms with van der Waals surface area (Å²) in [6.45, 7) is 8.07. The number of carboxylic acid groups (broad SMARTS) is 1. The SMILES string of the molecule is CCOc1ccc(C(C)(C)C)cc1S(=O)(=O)Nc1cccc(C(=O)O)c1. The molecule has 0 spiro atoms. The van der Waals surface area contributed by atoms with Gasteiger partial charge in [0.05, 0.1) is 12.2 Å². The highest BCUT2D eigenvalue weighted by Gasteiger charge is 2.24. The van der Waals surface area contributed by atoms with Crippen LogP contribution < -0.4 is 9.46 Å². The van der Waals surface area contributed by atoms with Crippen molar-refractivity contribution in [1.29, 1.82) is 0 Å². The van der Waals surface area contributed by atoms with Gasteiger partial charge in [0.15, 0.2) is 0 Å². The van der Waals surface area contributed by atoms with Gasteiger partial charge in [0.2, 0.25) is 0 Å². The summed E-state index contributed by atoms with van der Waals surface area (Å²) in [5, 5.41) is 9.07. The number of carboxylic acids is 1. The number of hydrogen-bond donors (Lipinski definition) is 2. The predicted octanol–water partition coefficient (Wildman–Crippen LogP) is 3.88. The lowest BCUT2D eigenvalue weighted by atomic mass is 9.87. The topological polar surface area (TPSA) is 92.7 Å². The molecule has 2 rings (SSSR count). The molecule has 0 saturated carbocycles. The van der Waals surface area contributed by atoms with Gasteiger partial charge in [0, 0.05) is 5.69 Å². The average molecular weight is 377 g/mol. The van der Waals surface area contributed by atoms with Crippen molar-refractivity contribution in [2.75, 3.05) is 11.3 Å². The standard InChI is InChI=1S/C19H23NO5S/c1-5-25-16-10-9-14(19(2,3)4)12-17(16)26(23,24)20-15-8-6-7-13(11-15)18(21)22/h6-12,20H,5H2,1-4H3,(H,21,22). The number of anilines is 1. The van der Waals surface area contributed by atoms with Gasteiger partial charge in [-0.1, -0.05) is 32.9 Å². The van der Waals surface area contributed by atoms with E-state index in [1.165, 1.54) is 24.3 Å². The van der Waals surface area contributed by atoms with Gasteiger partial charge in [-0.25, -0.2) is 13.2 Å². The van der Waals surface area contributed by atoms with Gasteiger partial charge in [0.25, 0.3) is 10.0 Å². The first kappa shape index (κ1) is 19.8. The lowest BCUT2D eigenvalue weighted by molar-refractivity contribution is 0.0697. The second-order valence-electron chi connectivity index (χ2n) is 6.84. The van der Waals surface area contributed by atoms with E-state index in [1.807, 2.05) is 26.8 Å². The van der Waals surface area contributed by atoms with Crippen molar-refractivity contribution in [2.45, 2.75) is 38.0 Å². The van der Waals surface area contributed by atoms with E-state index in [2.05, 4.69) is 4.72 Å². The lowest BCUT2D eigenvalue weighted by Crippen LogP contribution is -2.17. The largest absolute Gasteiger partial charge is 0.492 e. The van der Waals surface area contributed by atoms with Crippen LogP contribution in [-0.2, 0) is 15.4 Å². The van der Waals surface area contributed by atoms with Crippen molar-refractivity contribution < 1.29 is 23.1 Å². The minimum Gasteiger partial charge on any atom is -0.492 e. The Morgan fingerprint density at radius 3 is 2.42 bits per heavy atom. The Morgan fingerprint density at radius 1 is 1.15 bits per heavy atom. The van der Waals surface area contributed by atoms with E-state index in [4.69, 9.17) is 9.84 Å². The van der Waals surface area contributed by atoms with Crippen LogP contribution in [0.4, 0.5) is 5.69 Å². The summed E-state index contributed by atoms with van der Waals surface area (Å²) in [5.41, 5.74) is 0.783. The highest BCUT2D eigenvalue weighted by molar-refractivity contribution is 7.92. The third-order valence-corrected chi connectivity index (χ3v) is 5.16. The fourth-order valence-corrected chi connectivity index (χ4v) is 3.61. The molecule has 0 heterocycles. The number of ether oxygens (including phenoxy) is 1. The molecule has 2 N–H and O–H groups in total. The Labute approximate surface area is 153 Å². The number of benzene rings is 2. The average Bonchev–Trinajstić information content (AvgIpc) is 2.54. The second kappa shape index (κ2) is 7.37. The first-order valence-electron chi connectivity index (χ1n) is 8.18. The molecule has 0 radical (unpaired) electrons. The van der Waals surface area contributed by atoms with E-state index in [0.29, 0.717) is 6.61 Å². The maximum absolute atomic E-state index is 12.9. The van der Waals surface area contributed by atoms with Gasteiger partial charge >= 0.3 is 5.97 Å². The molecule has 0 aliphatic rings. The summed E-state index contributed by atoms with van der Waals surface area (Å²) in [7, 11) is -3.96. The van der Waals surface area contributed by atoms with Gasteiger partial charge in [-0.05, 0) is 48.2 Å². The van der Waals surface area contributed by atoms with Crippen LogP contribution in [0.5, 0.6) is 5.75 Å². The number of nitrogens with one attached hydrogen (secondary N) is 1. The molecule has 6 nitrogen and oxygen atoms in total. The molecule has 0 fully saturated rings. The van der Waals surface area contributed by atoms with E-state index in [9.17, 15) is 13.2 Å². The van der Waals surface area contributed by atoms with E-state index >= 15 is 0 Å². The second-order valence-corrected chi connectivity index (χ2v) is 8.49. The molecule has 0 unspecified atom stereocenters. The van der Waals surface area contributed by atoms with E-state index < -0.39 is 16.0 Å². The summed E-state index contributed by atoms with van der Waals surface area (Å²) in [5.74, 6) is -0.877. The smallest absolute Gasteiger partial charge is 0.335 e. The van der Waals surface area contributed by atoms with Gasteiger partial charge in [0.1, 0.15) is 10.6 Å². The molecule has 0 aliphatic heterocycles. The van der Waals surface area contributed by atoms with E-state index in [1.54, 1.807) is 19.1 Å². The maximum Gasteiger partial charge on any atom is 0.335 e. The van der Waals surface area contributed by atoms with Crippen LogP contribution in [0.3, 0.4) is 0 Å². The molecule has 2 aromatic carbocycles. The first-order chi connectivity index (χ1) is 12.0. The first-order valence-corrected chi connectivity index (χ1v) is 9.66. The van der Waals surface area contributed by atoms with Crippen LogP contribution in [-0.4, -0.2) is 26.1 Å². The molecule has 140 valence electrons. The van der Waals surface area contributed by atoms with Crippen molar-refractivity contribution in [1.82, 2.24) is 0 Å². The van der Waals surface area contributed by atoms with Crippen molar-refractivity contribution >= 4 is 21.7 Å². The molecular weight excluding hydrogens is 354 g/mol. The monoisotopic (exact) mass is 377 g/mol. The minimum absolute atomic E-state index is 0.00123. The van der Waals surface area contributed by atoms with Crippen molar-refractivity contribution in [3.63, 3.8) is 0 Å². The maximum atomic E-state index is 12.9. The highest BCUT2D eigenvalue weighted by atomic mass is 32.2. The van der Waals surface area contributed by atoms with Gasteiger partial charge in [-0.2, -0.15) is 0 Å². The fraction of sp³-hybridized carbons (Fsp3) is 0.316. The number of carbonyl (C=O) groups is 1. The van der Waals surface area contributed by atoms with Gasteiger partial charge < -0.3 is 9.84 Å². The molecule has 0 bridgehead atoms. The predicted molar refractivity (Wildman–Crippen MR) is 101 cm³/mol. The lowest BCUT2D eigenvalue weighted by Gasteiger charge is -2.21. The van der Waals surface area contributed by atoms with Gasteiger partial charge in [-0.3, -0.25) is 4.72 Å². The number of hydrogen-bond acceptors (Lipinski definition) is 4. The molecule has 0 atom stereocenters. The Hall–Kier alpha value is -2.54. The van der Waals surface area contributed by atoms with Crippen LogP contribution in [0.2, 0.25) is 0 Å². The Balaban J connectivity index is 2.50. The van der Waals surface area contributed by atoms with Crippen molar-refractivity contribution in [3.05, 3.63) is 53.6 Å². The Bertz CT molecular complexity index is 914. The highest BCUT2D eigenvalue weighted by Crippen LogP contribution is 2.32. The summed E-state index contributed by atoms with van der Waals surface area (Å²) in [4.78, 5) is 11.1. The number of sulfonamides is 1. The zero-order valence-corrected chi connectivity index (χ0v) is 16.1.